The number of benzene rings is 2. The van der Waals surface area contributed by atoms with Gasteiger partial charge in [-0.15, -0.1) is 0 Å². The maximum absolute atomic E-state index is 11.6. The molecule has 0 bridgehead atoms. The highest BCUT2D eigenvalue weighted by atomic mass is 28.4. The Morgan fingerprint density at radius 2 is 1.36 bits per heavy atom. The second-order valence-electron chi connectivity index (χ2n) is 8.23. The normalized spacial score (nSPS) is 12.5. The Labute approximate surface area is 170 Å². The molecule has 0 aliphatic heterocycles. The molecule has 0 aliphatic carbocycles. The third kappa shape index (κ3) is 5.21. The highest BCUT2D eigenvalue weighted by molar-refractivity contribution is 6.99. The van der Waals surface area contributed by atoms with Crippen molar-refractivity contribution in [3.05, 3.63) is 72.8 Å². The van der Waals surface area contributed by atoms with Crippen molar-refractivity contribution < 1.29 is 14.0 Å². The van der Waals surface area contributed by atoms with Gasteiger partial charge in [0.25, 0.3) is 8.32 Å². The maximum Gasteiger partial charge on any atom is 0.308 e. The van der Waals surface area contributed by atoms with Crippen LogP contribution in [0.15, 0.2) is 72.8 Å². The quantitative estimate of drug-likeness (QED) is 0.379. The van der Waals surface area contributed by atoms with Crippen LogP contribution >= 0.6 is 0 Å². The number of carbonyl (C=O) groups excluding carboxylic acids is 1. The summed E-state index contributed by atoms with van der Waals surface area (Å²) in [6.07, 6.45) is 3.81. The number of carbonyl (C=O) groups is 1. The van der Waals surface area contributed by atoms with Crippen LogP contribution < -0.4 is 10.4 Å². The average molecular weight is 397 g/mol. The number of esters is 1. The lowest BCUT2D eigenvalue weighted by Gasteiger charge is -2.42. The number of hydrogen-bond acceptors (Lipinski definition) is 3. The molecule has 0 atom stereocenters. The molecule has 2 aromatic carbocycles. The lowest BCUT2D eigenvalue weighted by Crippen LogP contribution is -2.66. The molecule has 0 heterocycles. The third-order valence-corrected chi connectivity index (χ3v) is 9.78. The SMILES string of the molecule is CC(C)C(=O)OC/C=C\CO[Si](c1ccccc1)(c1ccccc1)C(C)(C)C. The molecule has 0 N–H and O–H groups in total. The molecular formula is C24H32O3Si. The first-order valence-corrected chi connectivity index (χ1v) is 11.8. The highest BCUT2D eigenvalue weighted by Crippen LogP contribution is 2.36. The maximum atomic E-state index is 11.6. The second-order valence-corrected chi connectivity index (χ2v) is 12.5. The van der Waals surface area contributed by atoms with Crippen molar-refractivity contribution in [1.82, 2.24) is 0 Å². The van der Waals surface area contributed by atoms with Gasteiger partial charge in [-0.1, -0.05) is 101 Å². The summed E-state index contributed by atoms with van der Waals surface area (Å²) >= 11 is 0. The molecule has 0 radical (unpaired) electrons. The molecule has 3 nitrogen and oxygen atoms in total. The van der Waals surface area contributed by atoms with Crippen molar-refractivity contribution in [3.8, 4) is 0 Å². The Morgan fingerprint density at radius 3 is 1.79 bits per heavy atom. The van der Waals surface area contributed by atoms with Gasteiger partial charge in [-0.25, -0.2) is 0 Å². The zero-order chi connectivity index (χ0) is 20.6. The monoisotopic (exact) mass is 396 g/mol. The average Bonchev–Trinajstić information content (AvgIpc) is 2.67. The number of ether oxygens (including phenoxy) is 1. The minimum absolute atomic E-state index is 0.0480. The van der Waals surface area contributed by atoms with E-state index in [1.165, 1.54) is 10.4 Å². The molecular weight excluding hydrogens is 364 g/mol. The van der Waals surface area contributed by atoms with Gasteiger partial charge in [-0.05, 0) is 21.5 Å². The molecule has 0 saturated heterocycles. The molecule has 4 heteroatoms. The van der Waals surface area contributed by atoms with Gasteiger partial charge < -0.3 is 9.16 Å². The molecule has 150 valence electrons. The highest BCUT2D eigenvalue weighted by Gasteiger charge is 2.49. The molecule has 2 rings (SSSR count). The summed E-state index contributed by atoms with van der Waals surface area (Å²) in [5, 5.41) is 2.47. The van der Waals surface area contributed by atoms with Crippen LogP contribution in [0, 0.1) is 5.92 Å². The Bertz CT molecular complexity index is 722. The minimum Gasteiger partial charge on any atom is -0.461 e. The molecule has 0 aromatic heterocycles. The largest absolute Gasteiger partial charge is 0.461 e. The first kappa shape index (κ1) is 22.1. The summed E-state index contributed by atoms with van der Waals surface area (Å²) in [7, 11) is -2.51. The summed E-state index contributed by atoms with van der Waals surface area (Å²) in [5.41, 5.74) is 0. The molecule has 0 saturated carbocycles. The molecule has 0 amide bonds. The van der Waals surface area contributed by atoms with E-state index in [-0.39, 0.29) is 23.5 Å². The van der Waals surface area contributed by atoms with E-state index in [0.29, 0.717) is 6.61 Å². The predicted octanol–water partition coefficient (Wildman–Crippen LogP) is 4.32. The van der Waals surface area contributed by atoms with Gasteiger partial charge in [0, 0.05) is 0 Å². The van der Waals surface area contributed by atoms with Crippen LogP contribution in [-0.4, -0.2) is 27.5 Å². The summed E-state index contributed by atoms with van der Waals surface area (Å²) in [4.78, 5) is 11.6. The Hall–Kier alpha value is -2.17. The van der Waals surface area contributed by atoms with E-state index in [4.69, 9.17) is 9.16 Å². The summed E-state index contributed by atoms with van der Waals surface area (Å²) in [5.74, 6) is -0.292. The minimum atomic E-state index is -2.51. The topological polar surface area (TPSA) is 35.5 Å². The zero-order valence-corrected chi connectivity index (χ0v) is 18.6. The van der Waals surface area contributed by atoms with E-state index in [1.807, 2.05) is 38.1 Å². The van der Waals surface area contributed by atoms with Gasteiger partial charge in [0.1, 0.15) is 6.61 Å². The summed E-state index contributed by atoms with van der Waals surface area (Å²) < 4.78 is 11.9. The van der Waals surface area contributed by atoms with E-state index < -0.39 is 8.32 Å². The number of hydrogen-bond donors (Lipinski definition) is 0. The Kier molecular flexibility index (Phi) is 7.78. The van der Waals surface area contributed by atoms with Gasteiger partial charge in [-0.3, -0.25) is 4.79 Å². The van der Waals surface area contributed by atoms with Crippen LogP contribution in [0.3, 0.4) is 0 Å². The second kappa shape index (κ2) is 9.85. The van der Waals surface area contributed by atoms with Crippen molar-refractivity contribution in [2.24, 2.45) is 5.92 Å². The standard InChI is InChI=1S/C24H32O3Si/c1-20(2)23(25)26-18-12-13-19-27-28(24(3,4)5,21-14-8-6-9-15-21)22-16-10-7-11-17-22/h6-17,20H,18-19H2,1-5H3/b13-12-. The smallest absolute Gasteiger partial charge is 0.308 e. The zero-order valence-electron chi connectivity index (χ0n) is 17.6. The molecule has 0 aliphatic rings. The fourth-order valence-corrected chi connectivity index (χ4v) is 7.87. The lowest BCUT2D eigenvalue weighted by molar-refractivity contribution is -0.146. The van der Waals surface area contributed by atoms with Crippen LogP contribution in [0.5, 0.6) is 0 Å². The predicted molar refractivity (Wildman–Crippen MR) is 119 cm³/mol. The van der Waals surface area contributed by atoms with Crippen LogP contribution in [-0.2, 0) is 14.0 Å². The van der Waals surface area contributed by atoms with E-state index in [9.17, 15) is 4.79 Å². The summed E-state index contributed by atoms with van der Waals surface area (Å²) in [6.45, 7) is 11.2. The van der Waals surface area contributed by atoms with Gasteiger partial charge in [0.2, 0.25) is 0 Å². The Balaban J connectivity index is 2.26. The fraction of sp³-hybridized carbons (Fsp3) is 0.375. The van der Waals surface area contributed by atoms with E-state index in [0.717, 1.165) is 0 Å². The van der Waals surface area contributed by atoms with Gasteiger partial charge in [0.05, 0.1) is 12.5 Å². The summed E-state index contributed by atoms with van der Waals surface area (Å²) in [6, 6.07) is 21.1. The fourth-order valence-electron chi connectivity index (χ4n) is 3.37. The van der Waals surface area contributed by atoms with Crippen molar-refractivity contribution >= 4 is 24.7 Å². The number of rotatable bonds is 8. The lowest BCUT2D eigenvalue weighted by atomic mass is 10.2. The first-order chi connectivity index (χ1) is 13.3. The first-order valence-electron chi connectivity index (χ1n) is 9.85. The van der Waals surface area contributed by atoms with Crippen molar-refractivity contribution in [2.75, 3.05) is 13.2 Å². The van der Waals surface area contributed by atoms with Crippen molar-refractivity contribution in [1.29, 1.82) is 0 Å². The van der Waals surface area contributed by atoms with Gasteiger partial charge in [-0.2, -0.15) is 0 Å². The molecule has 28 heavy (non-hydrogen) atoms. The van der Waals surface area contributed by atoms with Crippen molar-refractivity contribution in [2.45, 2.75) is 39.7 Å². The molecule has 2 aromatic rings. The van der Waals surface area contributed by atoms with Crippen LogP contribution in [0.25, 0.3) is 0 Å². The van der Waals surface area contributed by atoms with E-state index in [2.05, 4.69) is 69.3 Å². The van der Waals surface area contributed by atoms with Gasteiger partial charge in [0.15, 0.2) is 0 Å². The van der Waals surface area contributed by atoms with Crippen LogP contribution in [0.4, 0.5) is 0 Å². The molecule has 0 fully saturated rings. The van der Waals surface area contributed by atoms with Crippen molar-refractivity contribution in [3.63, 3.8) is 0 Å². The van der Waals surface area contributed by atoms with Gasteiger partial charge >= 0.3 is 5.97 Å². The van der Waals surface area contributed by atoms with E-state index in [1.54, 1.807) is 0 Å². The molecule has 0 unspecified atom stereocenters. The van der Waals surface area contributed by atoms with E-state index >= 15 is 0 Å². The van der Waals surface area contributed by atoms with Crippen LogP contribution in [0.1, 0.15) is 34.6 Å². The van der Waals surface area contributed by atoms with Crippen LogP contribution in [0.2, 0.25) is 5.04 Å². The molecule has 0 spiro atoms. The Morgan fingerprint density at radius 1 is 0.893 bits per heavy atom. The third-order valence-electron chi connectivity index (χ3n) is 4.77.